The molecule has 62 valence electrons. The molecular weight excluding hydrogens is 142 g/mol. The Balaban J connectivity index is 2.53. The molecule has 3 heteroatoms. The van der Waals surface area contributed by atoms with Crippen LogP contribution in [0.15, 0.2) is 11.6 Å². The van der Waals surface area contributed by atoms with Crippen molar-refractivity contribution in [2.24, 2.45) is 5.92 Å². The van der Waals surface area contributed by atoms with Crippen LogP contribution in [0.25, 0.3) is 0 Å². The smallest absolute Gasteiger partial charge is 0.225 e. The SMILES string of the molecule is C[C@@H]1CCCC=C1C[N+](=O)[O-]. The number of hydrogen-bond acceptors (Lipinski definition) is 2. The molecule has 0 saturated carbocycles. The topological polar surface area (TPSA) is 43.1 Å². The molecule has 11 heavy (non-hydrogen) atoms. The quantitative estimate of drug-likeness (QED) is 0.348. The van der Waals surface area contributed by atoms with Crippen LogP contribution in [0.2, 0.25) is 0 Å². The molecule has 0 heterocycles. The van der Waals surface area contributed by atoms with Gasteiger partial charge in [-0.25, -0.2) is 0 Å². The van der Waals surface area contributed by atoms with E-state index in [1.165, 1.54) is 6.42 Å². The summed E-state index contributed by atoms with van der Waals surface area (Å²) >= 11 is 0. The summed E-state index contributed by atoms with van der Waals surface area (Å²) in [6.45, 7) is 2.11. The van der Waals surface area contributed by atoms with Gasteiger partial charge >= 0.3 is 0 Å². The van der Waals surface area contributed by atoms with Crippen LogP contribution in [0.3, 0.4) is 0 Å². The van der Waals surface area contributed by atoms with Crippen molar-refractivity contribution in [2.45, 2.75) is 26.2 Å². The van der Waals surface area contributed by atoms with Gasteiger partial charge in [-0.05, 0) is 30.8 Å². The van der Waals surface area contributed by atoms with Gasteiger partial charge < -0.3 is 0 Å². The van der Waals surface area contributed by atoms with Gasteiger partial charge in [0.1, 0.15) is 0 Å². The van der Waals surface area contributed by atoms with Crippen LogP contribution in [0.1, 0.15) is 26.2 Å². The summed E-state index contributed by atoms with van der Waals surface area (Å²) in [6.07, 6.45) is 5.34. The molecule has 0 bridgehead atoms. The van der Waals surface area contributed by atoms with Crippen molar-refractivity contribution in [3.8, 4) is 0 Å². The highest BCUT2D eigenvalue weighted by Crippen LogP contribution is 2.23. The molecule has 0 radical (unpaired) electrons. The van der Waals surface area contributed by atoms with Gasteiger partial charge in [0.15, 0.2) is 0 Å². The maximum atomic E-state index is 10.2. The molecular formula is C8H13NO2. The van der Waals surface area contributed by atoms with E-state index in [4.69, 9.17) is 0 Å². The summed E-state index contributed by atoms with van der Waals surface area (Å²) in [7, 11) is 0. The molecule has 0 N–H and O–H groups in total. The zero-order valence-electron chi connectivity index (χ0n) is 6.75. The number of hydrogen-bond donors (Lipinski definition) is 0. The summed E-state index contributed by atoms with van der Waals surface area (Å²) < 4.78 is 0. The lowest BCUT2D eigenvalue weighted by atomic mass is 9.89. The number of nitro groups is 1. The fraction of sp³-hybridized carbons (Fsp3) is 0.750. The highest BCUT2D eigenvalue weighted by molar-refractivity contribution is 5.08. The van der Waals surface area contributed by atoms with Crippen LogP contribution in [0.5, 0.6) is 0 Å². The molecule has 0 fully saturated rings. The fourth-order valence-electron chi connectivity index (χ4n) is 1.47. The summed E-state index contributed by atoms with van der Waals surface area (Å²) in [5.74, 6) is 0.425. The van der Waals surface area contributed by atoms with Crippen LogP contribution in [-0.2, 0) is 0 Å². The molecule has 3 nitrogen and oxygen atoms in total. The van der Waals surface area contributed by atoms with Gasteiger partial charge in [0.2, 0.25) is 6.54 Å². The predicted octanol–water partition coefficient (Wildman–Crippen LogP) is 2.01. The molecule has 0 aliphatic heterocycles. The van der Waals surface area contributed by atoms with Crippen LogP contribution in [-0.4, -0.2) is 11.5 Å². The van der Waals surface area contributed by atoms with Gasteiger partial charge in [-0.2, -0.15) is 0 Å². The Hall–Kier alpha value is -0.860. The van der Waals surface area contributed by atoms with Crippen LogP contribution < -0.4 is 0 Å². The molecule has 0 aromatic heterocycles. The lowest BCUT2D eigenvalue weighted by Gasteiger charge is -2.16. The minimum atomic E-state index is -0.242. The first-order valence-corrected chi connectivity index (χ1v) is 4.01. The van der Waals surface area contributed by atoms with Crippen LogP contribution in [0, 0.1) is 16.0 Å². The van der Waals surface area contributed by atoms with Gasteiger partial charge in [0.05, 0.1) is 0 Å². The second kappa shape index (κ2) is 3.51. The largest absolute Gasteiger partial charge is 0.264 e. The number of nitrogens with zero attached hydrogens (tertiary/aromatic N) is 1. The average molecular weight is 155 g/mol. The maximum absolute atomic E-state index is 10.2. The van der Waals surface area contributed by atoms with Crippen molar-refractivity contribution in [3.05, 3.63) is 21.8 Å². The molecule has 0 aromatic carbocycles. The van der Waals surface area contributed by atoms with Crippen molar-refractivity contribution in [1.82, 2.24) is 0 Å². The molecule has 1 aliphatic carbocycles. The van der Waals surface area contributed by atoms with E-state index in [1.807, 2.05) is 6.08 Å². The minimum absolute atomic E-state index is 0.0428. The summed E-state index contributed by atoms with van der Waals surface area (Å²) in [5.41, 5.74) is 1.02. The molecule has 0 aromatic rings. The van der Waals surface area contributed by atoms with Gasteiger partial charge in [0, 0.05) is 4.92 Å². The normalized spacial score (nSPS) is 24.5. The molecule has 1 aliphatic rings. The lowest BCUT2D eigenvalue weighted by molar-refractivity contribution is -0.471. The van der Waals surface area contributed by atoms with E-state index in [-0.39, 0.29) is 11.5 Å². The molecule has 0 spiro atoms. The number of rotatable bonds is 2. The van der Waals surface area contributed by atoms with Gasteiger partial charge in [0.25, 0.3) is 0 Å². The van der Waals surface area contributed by atoms with Crippen molar-refractivity contribution in [2.75, 3.05) is 6.54 Å². The van der Waals surface area contributed by atoms with E-state index in [0.29, 0.717) is 5.92 Å². The van der Waals surface area contributed by atoms with E-state index >= 15 is 0 Å². The van der Waals surface area contributed by atoms with Crippen LogP contribution >= 0.6 is 0 Å². The standard InChI is InChI=1S/C8H13NO2/c1-7-4-2-3-5-8(7)6-9(10)11/h5,7H,2-4,6H2,1H3/t7-/m1/s1. The van der Waals surface area contributed by atoms with E-state index < -0.39 is 0 Å². The summed E-state index contributed by atoms with van der Waals surface area (Å²) in [5, 5.41) is 10.2. The molecule has 0 saturated heterocycles. The molecule has 1 atom stereocenters. The zero-order chi connectivity index (χ0) is 8.27. The van der Waals surface area contributed by atoms with E-state index in [1.54, 1.807) is 0 Å². The van der Waals surface area contributed by atoms with Crippen molar-refractivity contribution in [3.63, 3.8) is 0 Å². The highest BCUT2D eigenvalue weighted by Gasteiger charge is 2.16. The average Bonchev–Trinajstić information content (AvgIpc) is 1.93. The first-order chi connectivity index (χ1) is 5.20. The first-order valence-electron chi connectivity index (χ1n) is 4.01. The van der Waals surface area contributed by atoms with E-state index in [2.05, 4.69) is 6.92 Å². The first kappa shape index (κ1) is 8.24. The van der Waals surface area contributed by atoms with Crippen molar-refractivity contribution >= 4 is 0 Å². The summed E-state index contributed by atoms with van der Waals surface area (Å²) in [6, 6.07) is 0. The monoisotopic (exact) mass is 155 g/mol. The fourth-order valence-corrected chi connectivity index (χ4v) is 1.47. The third-order valence-corrected chi connectivity index (χ3v) is 2.19. The van der Waals surface area contributed by atoms with Gasteiger partial charge in [-0.15, -0.1) is 0 Å². The second-order valence-electron chi connectivity index (χ2n) is 3.10. The Morgan fingerprint density at radius 2 is 2.55 bits per heavy atom. The Kier molecular flexibility index (Phi) is 2.63. The Bertz CT molecular complexity index is 187. The molecule has 0 amide bonds. The molecule has 0 unspecified atom stereocenters. The number of allylic oxidation sites excluding steroid dienone is 1. The minimum Gasteiger partial charge on any atom is -0.264 e. The third-order valence-electron chi connectivity index (χ3n) is 2.19. The maximum Gasteiger partial charge on any atom is 0.225 e. The van der Waals surface area contributed by atoms with Crippen molar-refractivity contribution in [1.29, 1.82) is 0 Å². The highest BCUT2D eigenvalue weighted by atomic mass is 16.6. The molecule has 1 rings (SSSR count). The van der Waals surface area contributed by atoms with Crippen molar-refractivity contribution < 1.29 is 4.92 Å². The Morgan fingerprint density at radius 3 is 3.09 bits per heavy atom. The van der Waals surface area contributed by atoms with Crippen LogP contribution in [0.4, 0.5) is 0 Å². The predicted molar refractivity (Wildman–Crippen MR) is 43.0 cm³/mol. The summed E-state index contributed by atoms with van der Waals surface area (Å²) in [4.78, 5) is 9.94. The Morgan fingerprint density at radius 1 is 1.82 bits per heavy atom. The zero-order valence-corrected chi connectivity index (χ0v) is 6.75. The Labute approximate surface area is 66.3 Å². The van der Waals surface area contributed by atoms with Gasteiger partial charge in [-0.1, -0.05) is 13.0 Å². The second-order valence-corrected chi connectivity index (χ2v) is 3.10. The van der Waals surface area contributed by atoms with E-state index in [0.717, 1.165) is 18.4 Å². The van der Waals surface area contributed by atoms with E-state index in [9.17, 15) is 10.1 Å². The van der Waals surface area contributed by atoms with Gasteiger partial charge in [-0.3, -0.25) is 10.1 Å². The lowest BCUT2D eigenvalue weighted by Crippen LogP contribution is -2.13. The third kappa shape index (κ3) is 2.33.